The molecule has 0 radical (unpaired) electrons. The summed E-state index contributed by atoms with van der Waals surface area (Å²) in [5.74, 6) is -0.0678. The van der Waals surface area contributed by atoms with Gasteiger partial charge in [0.15, 0.2) is 0 Å². The van der Waals surface area contributed by atoms with Crippen molar-refractivity contribution in [1.29, 1.82) is 0 Å². The predicted octanol–water partition coefficient (Wildman–Crippen LogP) is 2.41. The first-order chi connectivity index (χ1) is 9.31. The number of fused-ring (bicyclic) bond motifs is 2. The lowest BCUT2D eigenvalue weighted by Gasteiger charge is -2.24. The van der Waals surface area contributed by atoms with E-state index in [0.29, 0.717) is 0 Å². The molecule has 0 bridgehead atoms. The van der Waals surface area contributed by atoms with E-state index in [1.165, 1.54) is 11.1 Å². The highest BCUT2D eigenvalue weighted by molar-refractivity contribution is 6.03. The zero-order valence-corrected chi connectivity index (χ0v) is 10.7. The van der Waals surface area contributed by atoms with Crippen LogP contribution in [0.15, 0.2) is 48.5 Å². The van der Waals surface area contributed by atoms with Crippen LogP contribution in [0.1, 0.15) is 11.1 Å². The molecule has 0 fully saturated rings. The minimum Gasteiger partial charge on any atom is -0.322 e. The predicted molar refractivity (Wildman–Crippen MR) is 76.5 cm³/mol. The maximum atomic E-state index is 12.2. The fourth-order valence-electron chi connectivity index (χ4n) is 2.64. The molecule has 0 unspecified atom stereocenters. The van der Waals surface area contributed by atoms with Crippen molar-refractivity contribution in [3.63, 3.8) is 0 Å². The maximum Gasteiger partial charge on any atom is 0.245 e. The number of carbonyl (C=O) groups excluding carboxylic acids is 1. The standard InChI is InChI=1S/C16H16N2O/c17-11-16(19)18-14-7-3-1-5-12(14)9-10-13-6-2-4-8-15(13)18/h1-8H,9-11,17H2. The largest absolute Gasteiger partial charge is 0.322 e. The van der Waals surface area contributed by atoms with Gasteiger partial charge in [-0.2, -0.15) is 0 Å². The molecule has 0 aliphatic carbocycles. The third-order valence-electron chi connectivity index (χ3n) is 3.55. The molecule has 0 saturated heterocycles. The van der Waals surface area contributed by atoms with E-state index in [4.69, 9.17) is 5.73 Å². The normalized spacial score (nSPS) is 13.4. The van der Waals surface area contributed by atoms with E-state index < -0.39 is 0 Å². The van der Waals surface area contributed by atoms with Crippen molar-refractivity contribution < 1.29 is 4.79 Å². The smallest absolute Gasteiger partial charge is 0.245 e. The molecule has 1 aliphatic heterocycles. The van der Waals surface area contributed by atoms with Gasteiger partial charge in [0.2, 0.25) is 5.91 Å². The Hall–Kier alpha value is -2.13. The molecule has 0 atom stereocenters. The summed E-state index contributed by atoms with van der Waals surface area (Å²) in [5, 5.41) is 0. The Morgan fingerprint density at radius 3 is 1.89 bits per heavy atom. The zero-order chi connectivity index (χ0) is 13.2. The van der Waals surface area contributed by atoms with Crippen LogP contribution in [-0.2, 0) is 17.6 Å². The van der Waals surface area contributed by atoms with Gasteiger partial charge < -0.3 is 5.73 Å². The summed E-state index contributed by atoms with van der Waals surface area (Å²) >= 11 is 0. The molecule has 1 aliphatic rings. The van der Waals surface area contributed by atoms with Crippen LogP contribution in [0.25, 0.3) is 0 Å². The highest BCUT2D eigenvalue weighted by atomic mass is 16.2. The lowest BCUT2D eigenvalue weighted by Crippen LogP contribution is -2.32. The molecule has 3 nitrogen and oxygen atoms in total. The number of amides is 1. The van der Waals surface area contributed by atoms with Crippen molar-refractivity contribution in [3.05, 3.63) is 59.7 Å². The van der Waals surface area contributed by atoms with Crippen LogP contribution in [0.3, 0.4) is 0 Å². The van der Waals surface area contributed by atoms with E-state index >= 15 is 0 Å². The van der Waals surface area contributed by atoms with Gasteiger partial charge in [-0.1, -0.05) is 36.4 Å². The second-order valence-electron chi connectivity index (χ2n) is 4.69. The fourth-order valence-corrected chi connectivity index (χ4v) is 2.64. The average molecular weight is 252 g/mol. The van der Waals surface area contributed by atoms with Gasteiger partial charge in [-0.15, -0.1) is 0 Å². The van der Waals surface area contributed by atoms with Gasteiger partial charge in [-0.25, -0.2) is 0 Å². The first-order valence-electron chi connectivity index (χ1n) is 6.50. The second-order valence-corrected chi connectivity index (χ2v) is 4.69. The van der Waals surface area contributed by atoms with Crippen LogP contribution in [0, 0.1) is 0 Å². The minimum atomic E-state index is -0.0678. The first kappa shape index (κ1) is 11.9. The summed E-state index contributed by atoms with van der Waals surface area (Å²) in [7, 11) is 0. The van der Waals surface area contributed by atoms with Crippen LogP contribution >= 0.6 is 0 Å². The summed E-state index contributed by atoms with van der Waals surface area (Å²) in [5.41, 5.74) is 9.89. The number of hydrogen-bond acceptors (Lipinski definition) is 2. The second kappa shape index (κ2) is 4.86. The lowest BCUT2D eigenvalue weighted by atomic mass is 10.0. The monoisotopic (exact) mass is 252 g/mol. The Morgan fingerprint density at radius 2 is 1.42 bits per heavy atom. The molecule has 0 spiro atoms. The van der Waals surface area contributed by atoms with E-state index in [1.807, 2.05) is 36.4 Å². The van der Waals surface area contributed by atoms with Crippen molar-refractivity contribution in [3.8, 4) is 0 Å². The zero-order valence-electron chi connectivity index (χ0n) is 10.7. The van der Waals surface area contributed by atoms with E-state index in [2.05, 4.69) is 12.1 Å². The van der Waals surface area contributed by atoms with Crippen LogP contribution < -0.4 is 10.6 Å². The summed E-state index contributed by atoms with van der Waals surface area (Å²) in [4.78, 5) is 14.0. The van der Waals surface area contributed by atoms with Crippen LogP contribution in [-0.4, -0.2) is 12.5 Å². The van der Waals surface area contributed by atoms with Crippen LogP contribution in [0.4, 0.5) is 11.4 Å². The summed E-state index contributed by atoms with van der Waals surface area (Å²) in [6.45, 7) is 0.0165. The Morgan fingerprint density at radius 1 is 0.947 bits per heavy atom. The molecule has 96 valence electrons. The van der Waals surface area contributed by atoms with Crippen LogP contribution in [0.5, 0.6) is 0 Å². The van der Waals surface area contributed by atoms with Gasteiger partial charge in [0.1, 0.15) is 0 Å². The molecular formula is C16H16N2O. The Kier molecular flexibility index (Phi) is 3.05. The molecule has 2 aromatic carbocycles. The summed E-state index contributed by atoms with van der Waals surface area (Å²) in [6.07, 6.45) is 1.89. The van der Waals surface area contributed by atoms with Gasteiger partial charge >= 0.3 is 0 Å². The topological polar surface area (TPSA) is 46.3 Å². The molecule has 2 aromatic rings. The molecule has 1 heterocycles. The van der Waals surface area contributed by atoms with Gasteiger partial charge in [0.05, 0.1) is 17.9 Å². The van der Waals surface area contributed by atoms with E-state index in [0.717, 1.165) is 24.2 Å². The van der Waals surface area contributed by atoms with Gasteiger partial charge in [-0.3, -0.25) is 9.69 Å². The number of hydrogen-bond donors (Lipinski definition) is 1. The number of rotatable bonds is 1. The molecule has 1 amide bonds. The molecule has 2 N–H and O–H groups in total. The SMILES string of the molecule is NCC(=O)N1c2ccccc2CCc2ccccc21. The quantitative estimate of drug-likeness (QED) is 0.847. The van der Waals surface area contributed by atoms with Gasteiger partial charge in [0, 0.05) is 0 Å². The van der Waals surface area contributed by atoms with Gasteiger partial charge in [-0.05, 0) is 36.1 Å². The Balaban J connectivity index is 2.22. The summed E-state index contributed by atoms with van der Waals surface area (Å²) < 4.78 is 0. The van der Waals surface area contributed by atoms with Gasteiger partial charge in [0.25, 0.3) is 0 Å². The number of benzene rings is 2. The van der Waals surface area contributed by atoms with Crippen molar-refractivity contribution in [2.24, 2.45) is 5.73 Å². The fraction of sp³-hybridized carbons (Fsp3) is 0.188. The van der Waals surface area contributed by atoms with E-state index in [-0.39, 0.29) is 12.5 Å². The molecule has 0 aromatic heterocycles. The van der Waals surface area contributed by atoms with E-state index in [9.17, 15) is 4.79 Å². The first-order valence-corrected chi connectivity index (χ1v) is 6.50. The number of aryl methyl sites for hydroxylation is 2. The Bertz CT molecular complexity index is 574. The Labute approximate surface area is 112 Å². The lowest BCUT2D eigenvalue weighted by molar-refractivity contribution is -0.116. The average Bonchev–Trinajstić information content (AvgIpc) is 2.63. The molecular weight excluding hydrogens is 236 g/mol. The van der Waals surface area contributed by atoms with Crippen molar-refractivity contribution >= 4 is 17.3 Å². The third kappa shape index (κ3) is 2.02. The number of nitrogens with two attached hydrogens (primary N) is 1. The molecule has 3 rings (SSSR count). The molecule has 3 heteroatoms. The van der Waals surface area contributed by atoms with Crippen molar-refractivity contribution in [2.75, 3.05) is 11.4 Å². The number of nitrogens with zero attached hydrogens (tertiary/aromatic N) is 1. The molecule has 0 saturated carbocycles. The summed E-state index contributed by atoms with van der Waals surface area (Å²) in [6, 6.07) is 16.1. The highest BCUT2D eigenvalue weighted by Gasteiger charge is 2.24. The number of para-hydroxylation sites is 2. The van der Waals surface area contributed by atoms with Crippen molar-refractivity contribution in [2.45, 2.75) is 12.8 Å². The highest BCUT2D eigenvalue weighted by Crippen LogP contribution is 2.35. The maximum absolute atomic E-state index is 12.2. The van der Waals surface area contributed by atoms with E-state index in [1.54, 1.807) is 4.90 Å². The molecule has 19 heavy (non-hydrogen) atoms. The number of anilines is 2. The third-order valence-corrected chi connectivity index (χ3v) is 3.55. The minimum absolute atomic E-state index is 0.0165. The van der Waals surface area contributed by atoms with Crippen molar-refractivity contribution in [1.82, 2.24) is 0 Å². The van der Waals surface area contributed by atoms with Crippen LogP contribution in [0.2, 0.25) is 0 Å². The number of carbonyl (C=O) groups is 1.